The van der Waals surface area contributed by atoms with E-state index in [1.807, 2.05) is 24.3 Å². The summed E-state index contributed by atoms with van der Waals surface area (Å²) in [5.74, 6) is 1.37. The van der Waals surface area contributed by atoms with Gasteiger partial charge in [-0.2, -0.15) is 16.3 Å². The van der Waals surface area contributed by atoms with Gasteiger partial charge in [0.2, 0.25) is 5.95 Å². The van der Waals surface area contributed by atoms with Gasteiger partial charge in [-0.15, -0.1) is 0 Å². The Hall–Kier alpha value is -3.52. The van der Waals surface area contributed by atoms with Crippen molar-refractivity contribution in [3.8, 4) is 11.1 Å². The number of hydrogen-bond donors (Lipinski definition) is 3. The highest BCUT2D eigenvalue weighted by Gasteiger charge is 2.26. The summed E-state index contributed by atoms with van der Waals surface area (Å²) in [7, 11) is 0. The Balaban J connectivity index is 1.27. The third-order valence-electron chi connectivity index (χ3n) is 6.54. The van der Waals surface area contributed by atoms with Crippen LogP contribution in [0.5, 0.6) is 0 Å². The van der Waals surface area contributed by atoms with E-state index in [0.717, 1.165) is 24.1 Å². The largest absolute Gasteiger partial charge is 0.377 e. The Morgan fingerprint density at radius 1 is 0.912 bits per heavy atom. The fourth-order valence-electron chi connectivity index (χ4n) is 4.55. The van der Waals surface area contributed by atoms with Crippen molar-refractivity contribution in [3.05, 3.63) is 73.8 Å². The number of thiophene rings is 1. The zero-order chi connectivity index (χ0) is 23.5. The lowest BCUT2D eigenvalue weighted by atomic mass is 9.84. The minimum absolute atomic E-state index is 0.142. The van der Waals surface area contributed by atoms with Gasteiger partial charge in [0.15, 0.2) is 0 Å². The summed E-state index contributed by atoms with van der Waals surface area (Å²) in [5, 5.41) is 13.7. The van der Waals surface area contributed by atoms with Crippen LogP contribution in [0.15, 0.2) is 62.9 Å². The maximum atomic E-state index is 12.3. The molecule has 0 saturated heterocycles. The van der Waals surface area contributed by atoms with E-state index in [2.05, 4.69) is 49.7 Å². The van der Waals surface area contributed by atoms with Gasteiger partial charge < -0.3 is 16.0 Å². The SMILES string of the molecule is CC(Nc1c(Nc2ccnc(Nc3ccc(-c4ccsc4)cc3)n2)c(=O)c1=O)C1CCCCC1. The number of rotatable bonds is 8. The Morgan fingerprint density at radius 3 is 2.41 bits per heavy atom. The highest BCUT2D eigenvalue weighted by Crippen LogP contribution is 2.30. The molecule has 3 N–H and O–H groups in total. The summed E-state index contributed by atoms with van der Waals surface area (Å²) < 4.78 is 0. The molecule has 7 nitrogen and oxygen atoms in total. The second-order valence-electron chi connectivity index (χ2n) is 8.84. The highest BCUT2D eigenvalue weighted by atomic mass is 32.1. The lowest BCUT2D eigenvalue weighted by Gasteiger charge is -2.29. The van der Waals surface area contributed by atoms with Gasteiger partial charge in [-0.3, -0.25) is 9.59 Å². The molecule has 2 aromatic carbocycles. The van der Waals surface area contributed by atoms with Crippen molar-refractivity contribution in [1.29, 1.82) is 0 Å². The predicted octanol–water partition coefficient (Wildman–Crippen LogP) is 5.67. The number of nitrogens with one attached hydrogen (secondary N) is 3. The number of nitrogens with zero attached hydrogens (tertiary/aromatic N) is 2. The molecule has 0 amide bonds. The van der Waals surface area contributed by atoms with E-state index in [-0.39, 0.29) is 11.7 Å². The average molecular weight is 474 g/mol. The highest BCUT2D eigenvalue weighted by molar-refractivity contribution is 7.08. The van der Waals surface area contributed by atoms with Gasteiger partial charge in [0.05, 0.1) is 0 Å². The number of anilines is 5. The monoisotopic (exact) mass is 473 g/mol. The second kappa shape index (κ2) is 9.77. The van der Waals surface area contributed by atoms with Crippen LogP contribution < -0.4 is 26.8 Å². The molecule has 2 heterocycles. The summed E-state index contributed by atoms with van der Waals surface area (Å²) in [6, 6.07) is 11.9. The fraction of sp³-hybridized carbons (Fsp3) is 0.308. The molecule has 1 fully saturated rings. The maximum Gasteiger partial charge on any atom is 0.253 e. The standard InChI is InChI=1S/C26H27N5O2S/c1-16(17-5-3-2-4-6-17)28-22-23(25(33)24(22)32)30-21-11-13-27-26(31-21)29-20-9-7-18(8-10-20)19-12-14-34-15-19/h7-17,28H,2-6H2,1H3,(H2,27,29,30,31). The molecule has 1 aliphatic carbocycles. The van der Waals surface area contributed by atoms with E-state index in [1.54, 1.807) is 23.6 Å². The molecule has 1 unspecified atom stereocenters. The summed E-state index contributed by atoms with van der Waals surface area (Å²) in [5.41, 5.74) is 2.84. The van der Waals surface area contributed by atoms with Gasteiger partial charge in [0.1, 0.15) is 17.2 Å². The maximum absolute atomic E-state index is 12.3. The van der Waals surface area contributed by atoms with Crippen molar-refractivity contribution in [2.75, 3.05) is 16.0 Å². The molecular weight excluding hydrogens is 446 g/mol. The Bertz CT molecular complexity index is 1320. The van der Waals surface area contributed by atoms with Crippen molar-refractivity contribution in [3.63, 3.8) is 0 Å². The number of hydrogen-bond acceptors (Lipinski definition) is 8. The van der Waals surface area contributed by atoms with Crippen LogP contribution in [-0.4, -0.2) is 16.0 Å². The second-order valence-corrected chi connectivity index (χ2v) is 9.62. The van der Waals surface area contributed by atoms with Crippen LogP contribution in [0.2, 0.25) is 0 Å². The molecule has 8 heteroatoms. The molecule has 2 aromatic heterocycles. The molecular formula is C26H27N5O2S. The minimum atomic E-state index is -0.518. The third kappa shape index (κ3) is 4.72. The first kappa shape index (κ1) is 22.3. The van der Waals surface area contributed by atoms with E-state index in [0.29, 0.717) is 23.4 Å². The normalized spacial score (nSPS) is 15.2. The first-order valence-electron chi connectivity index (χ1n) is 11.7. The Kier molecular flexibility index (Phi) is 6.40. The molecule has 0 aliphatic heterocycles. The summed E-state index contributed by atoms with van der Waals surface area (Å²) in [4.78, 5) is 33.3. The van der Waals surface area contributed by atoms with Crippen molar-refractivity contribution < 1.29 is 0 Å². The zero-order valence-corrected chi connectivity index (χ0v) is 19.8. The summed E-state index contributed by atoms with van der Waals surface area (Å²) >= 11 is 1.67. The van der Waals surface area contributed by atoms with Crippen LogP contribution in [0.1, 0.15) is 39.0 Å². The van der Waals surface area contributed by atoms with Crippen LogP contribution in [0.25, 0.3) is 11.1 Å². The minimum Gasteiger partial charge on any atom is -0.377 e. The summed E-state index contributed by atoms with van der Waals surface area (Å²) in [6.07, 6.45) is 7.64. The van der Waals surface area contributed by atoms with Crippen LogP contribution >= 0.6 is 11.3 Å². The first-order chi connectivity index (χ1) is 16.6. The third-order valence-corrected chi connectivity index (χ3v) is 7.23. The molecule has 4 aromatic rings. The van der Waals surface area contributed by atoms with Gasteiger partial charge in [0.25, 0.3) is 10.9 Å². The lowest BCUT2D eigenvalue weighted by molar-refractivity contribution is 0.328. The van der Waals surface area contributed by atoms with Crippen LogP contribution in [0.3, 0.4) is 0 Å². The van der Waals surface area contributed by atoms with Gasteiger partial charge in [0, 0.05) is 17.9 Å². The number of benzene rings is 1. The van der Waals surface area contributed by atoms with Crippen LogP contribution in [0, 0.1) is 5.92 Å². The van der Waals surface area contributed by atoms with Gasteiger partial charge >= 0.3 is 0 Å². The molecule has 174 valence electrons. The molecule has 0 spiro atoms. The van der Waals surface area contributed by atoms with E-state index >= 15 is 0 Å². The average Bonchev–Trinajstić information content (AvgIpc) is 3.42. The molecule has 5 rings (SSSR count). The molecule has 1 atom stereocenters. The van der Waals surface area contributed by atoms with Crippen molar-refractivity contribution >= 4 is 40.2 Å². The van der Waals surface area contributed by atoms with Crippen molar-refractivity contribution in [2.45, 2.75) is 45.1 Å². The van der Waals surface area contributed by atoms with Crippen LogP contribution in [-0.2, 0) is 0 Å². The molecule has 1 aliphatic rings. The fourth-order valence-corrected chi connectivity index (χ4v) is 5.21. The van der Waals surface area contributed by atoms with E-state index in [4.69, 9.17) is 0 Å². The summed E-state index contributed by atoms with van der Waals surface area (Å²) in [6.45, 7) is 2.09. The molecule has 1 saturated carbocycles. The zero-order valence-electron chi connectivity index (χ0n) is 19.0. The van der Waals surface area contributed by atoms with Crippen molar-refractivity contribution in [2.24, 2.45) is 5.92 Å². The van der Waals surface area contributed by atoms with Gasteiger partial charge in [-0.25, -0.2) is 4.98 Å². The van der Waals surface area contributed by atoms with Gasteiger partial charge in [-0.05, 0) is 71.8 Å². The van der Waals surface area contributed by atoms with Crippen molar-refractivity contribution in [1.82, 2.24) is 9.97 Å². The Labute approximate surface area is 202 Å². The van der Waals surface area contributed by atoms with E-state index in [1.165, 1.54) is 24.8 Å². The quantitative estimate of drug-likeness (QED) is 0.284. The molecule has 0 radical (unpaired) electrons. The first-order valence-corrected chi connectivity index (χ1v) is 12.6. The lowest BCUT2D eigenvalue weighted by Crippen LogP contribution is -2.40. The topological polar surface area (TPSA) is 96.0 Å². The van der Waals surface area contributed by atoms with E-state index in [9.17, 15) is 9.59 Å². The molecule has 34 heavy (non-hydrogen) atoms. The molecule has 0 bridgehead atoms. The van der Waals surface area contributed by atoms with Gasteiger partial charge in [-0.1, -0.05) is 31.4 Å². The van der Waals surface area contributed by atoms with Crippen LogP contribution in [0.4, 0.5) is 28.8 Å². The number of aromatic nitrogens is 2. The smallest absolute Gasteiger partial charge is 0.253 e. The Morgan fingerprint density at radius 2 is 1.68 bits per heavy atom. The van der Waals surface area contributed by atoms with E-state index < -0.39 is 10.9 Å². The predicted molar refractivity (Wildman–Crippen MR) is 139 cm³/mol.